The third-order valence-corrected chi connectivity index (χ3v) is 4.25. The highest BCUT2D eigenvalue weighted by Gasteiger charge is 2.25. The zero-order valence-electron chi connectivity index (χ0n) is 10.5. The van der Waals surface area contributed by atoms with Crippen molar-refractivity contribution in [1.82, 2.24) is 5.32 Å². The first-order valence-corrected chi connectivity index (χ1v) is 7.07. The van der Waals surface area contributed by atoms with Crippen LogP contribution in [0.4, 0.5) is 0 Å². The van der Waals surface area contributed by atoms with Crippen LogP contribution in [0.2, 0.25) is 0 Å². The van der Waals surface area contributed by atoms with Crippen LogP contribution in [-0.2, 0) is 11.2 Å². The summed E-state index contributed by atoms with van der Waals surface area (Å²) in [5.41, 5.74) is 2.92. The molecule has 94 valence electrons. The second-order valence-corrected chi connectivity index (χ2v) is 5.48. The molecule has 17 heavy (non-hydrogen) atoms. The van der Waals surface area contributed by atoms with E-state index in [4.69, 9.17) is 4.74 Å². The highest BCUT2D eigenvalue weighted by Crippen LogP contribution is 2.35. The molecule has 1 aromatic rings. The quantitative estimate of drug-likeness (QED) is 0.899. The zero-order chi connectivity index (χ0) is 12.3. The smallest absolute Gasteiger partial charge is 0.0615 e. The molecule has 2 unspecified atom stereocenters. The van der Waals surface area contributed by atoms with Gasteiger partial charge in [0.1, 0.15) is 0 Å². The van der Waals surface area contributed by atoms with Crippen molar-refractivity contribution in [3.05, 3.63) is 33.8 Å². The molecule has 1 aromatic carbocycles. The standard InChI is InChI=1S/C14H20BrNO/c1-3-10(9-17-2)16-14-8-7-11-12(14)5-4-6-13(11)15/h4-6,10,14,16H,3,7-9H2,1-2H3. The normalized spacial score (nSPS) is 20.3. The average molecular weight is 298 g/mol. The van der Waals surface area contributed by atoms with Crippen LogP contribution in [0.3, 0.4) is 0 Å². The molecule has 3 heteroatoms. The Kier molecular flexibility index (Phi) is 4.60. The average Bonchev–Trinajstić information content (AvgIpc) is 2.73. The van der Waals surface area contributed by atoms with Crippen molar-refractivity contribution in [1.29, 1.82) is 0 Å². The lowest BCUT2D eigenvalue weighted by Crippen LogP contribution is -2.34. The number of fused-ring (bicyclic) bond motifs is 1. The van der Waals surface area contributed by atoms with Crippen molar-refractivity contribution in [3.63, 3.8) is 0 Å². The van der Waals surface area contributed by atoms with Gasteiger partial charge in [0.05, 0.1) is 6.61 Å². The van der Waals surface area contributed by atoms with E-state index in [0.29, 0.717) is 12.1 Å². The molecule has 0 fully saturated rings. The van der Waals surface area contributed by atoms with Gasteiger partial charge in [-0.25, -0.2) is 0 Å². The number of methoxy groups -OCH3 is 1. The number of hydrogen-bond acceptors (Lipinski definition) is 2. The van der Waals surface area contributed by atoms with Crippen molar-refractivity contribution in [2.75, 3.05) is 13.7 Å². The molecule has 1 N–H and O–H groups in total. The monoisotopic (exact) mass is 297 g/mol. The number of hydrogen-bond donors (Lipinski definition) is 1. The van der Waals surface area contributed by atoms with E-state index in [2.05, 4.69) is 46.4 Å². The van der Waals surface area contributed by atoms with Crippen molar-refractivity contribution < 1.29 is 4.74 Å². The Morgan fingerprint density at radius 2 is 2.35 bits per heavy atom. The second-order valence-electron chi connectivity index (χ2n) is 4.63. The van der Waals surface area contributed by atoms with Gasteiger partial charge in [-0.2, -0.15) is 0 Å². The predicted molar refractivity (Wildman–Crippen MR) is 74.3 cm³/mol. The first kappa shape index (κ1) is 13.1. The van der Waals surface area contributed by atoms with E-state index in [1.165, 1.54) is 22.0 Å². The van der Waals surface area contributed by atoms with Gasteiger partial charge in [-0.05, 0) is 36.5 Å². The Labute approximate surface area is 112 Å². The third kappa shape index (κ3) is 2.90. The summed E-state index contributed by atoms with van der Waals surface area (Å²) in [5, 5.41) is 3.70. The van der Waals surface area contributed by atoms with E-state index in [1.807, 2.05) is 0 Å². The number of rotatable bonds is 5. The minimum absolute atomic E-state index is 0.454. The van der Waals surface area contributed by atoms with Crippen LogP contribution in [-0.4, -0.2) is 19.8 Å². The van der Waals surface area contributed by atoms with Gasteiger partial charge in [-0.1, -0.05) is 35.0 Å². The molecule has 2 rings (SSSR count). The minimum atomic E-state index is 0.454. The number of ether oxygens (including phenoxy) is 1. The lowest BCUT2D eigenvalue weighted by Gasteiger charge is -2.22. The zero-order valence-corrected chi connectivity index (χ0v) is 12.1. The summed E-state index contributed by atoms with van der Waals surface area (Å²) in [6.45, 7) is 2.99. The fourth-order valence-electron chi connectivity index (χ4n) is 2.55. The molecule has 0 heterocycles. The summed E-state index contributed by atoms with van der Waals surface area (Å²) in [4.78, 5) is 0. The molecule has 0 spiro atoms. The van der Waals surface area contributed by atoms with Gasteiger partial charge in [0.25, 0.3) is 0 Å². The molecule has 0 bridgehead atoms. The summed E-state index contributed by atoms with van der Waals surface area (Å²) in [5.74, 6) is 0. The Morgan fingerprint density at radius 3 is 3.06 bits per heavy atom. The lowest BCUT2D eigenvalue weighted by molar-refractivity contribution is 0.158. The molecular formula is C14H20BrNO. The summed E-state index contributed by atoms with van der Waals surface area (Å²) in [6.07, 6.45) is 3.46. The van der Waals surface area contributed by atoms with Crippen molar-refractivity contribution in [3.8, 4) is 0 Å². The largest absolute Gasteiger partial charge is 0.383 e. The molecule has 2 atom stereocenters. The fourth-order valence-corrected chi connectivity index (χ4v) is 3.13. The molecule has 0 amide bonds. The van der Waals surface area contributed by atoms with Gasteiger partial charge >= 0.3 is 0 Å². The van der Waals surface area contributed by atoms with Gasteiger partial charge < -0.3 is 10.1 Å². The predicted octanol–water partition coefficient (Wildman–Crippen LogP) is 3.45. The van der Waals surface area contributed by atoms with Crippen LogP contribution in [0.1, 0.15) is 36.9 Å². The van der Waals surface area contributed by atoms with E-state index in [-0.39, 0.29) is 0 Å². The summed E-state index contributed by atoms with van der Waals surface area (Å²) in [6, 6.07) is 7.44. The highest BCUT2D eigenvalue weighted by atomic mass is 79.9. The summed E-state index contributed by atoms with van der Waals surface area (Å²) < 4.78 is 6.49. The second kappa shape index (κ2) is 5.98. The lowest BCUT2D eigenvalue weighted by atomic mass is 10.1. The summed E-state index contributed by atoms with van der Waals surface area (Å²) >= 11 is 3.64. The van der Waals surface area contributed by atoms with Crippen LogP contribution in [0.15, 0.2) is 22.7 Å². The maximum atomic E-state index is 5.25. The van der Waals surface area contributed by atoms with Crippen molar-refractivity contribution in [2.45, 2.75) is 38.3 Å². The molecule has 1 aliphatic rings. The van der Waals surface area contributed by atoms with Crippen molar-refractivity contribution in [2.24, 2.45) is 0 Å². The van der Waals surface area contributed by atoms with E-state index in [0.717, 1.165) is 19.4 Å². The number of nitrogens with one attached hydrogen (secondary N) is 1. The fraction of sp³-hybridized carbons (Fsp3) is 0.571. The molecule has 0 aromatic heterocycles. The molecule has 1 aliphatic carbocycles. The van der Waals surface area contributed by atoms with Crippen LogP contribution in [0.25, 0.3) is 0 Å². The molecule has 2 nitrogen and oxygen atoms in total. The number of benzene rings is 1. The van der Waals surface area contributed by atoms with Gasteiger partial charge in [-0.15, -0.1) is 0 Å². The Bertz CT molecular complexity index is 380. The van der Waals surface area contributed by atoms with Crippen LogP contribution < -0.4 is 5.32 Å². The molecule has 0 radical (unpaired) electrons. The van der Waals surface area contributed by atoms with Gasteiger partial charge in [-0.3, -0.25) is 0 Å². The maximum Gasteiger partial charge on any atom is 0.0615 e. The molecule has 0 aliphatic heterocycles. The Morgan fingerprint density at radius 1 is 1.53 bits per heavy atom. The highest BCUT2D eigenvalue weighted by molar-refractivity contribution is 9.10. The molecular weight excluding hydrogens is 278 g/mol. The van der Waals surface area contributed by atoms with E-state index >= 15 is 0 Å². The van der Waals surface area contributed by atoms with Crippen LogP contribution >= 0.6 is 15.9 Å². The van der Waals surface area contributed by atoms with Crippen LogP contribution in [0.5, 0.6) is 0 Å². The van der Waals surface area contributed by atoms with E-state index in [1.54, 1.807) is 7.11 Å². The Balaban J connectivity index is 2.09. The topological polar surface area (TPSA) is 21.3 Å². The first-order valence-electron chi connectivity index (χ1n) is 6.28. The Hall–Kier alpha value is -0.380. The third-order valence-electron chi connectivity index (χ3n) is 3.51. The van der Waals surface area contributed by atoms with Crippen molar-refractivity contribution >= 4 is 15.9 Å². The summed E-state index contributed by atoms with van der Waals surface area (Å²) in [7, 11) is 1.77. The van der Waals surface area contributed by atoms with E-state index in [9.17, 15) is 0 Å². The number of halogens is 1. The van der Waals surface area contributed by atoms with Gasteiger partial charge in [0.15, 0.2) is 0 Å². The molecule has 0 saturated carbocycles. The van der Waals surface area contributed by atoms with E-state index < -0.39 is 0 Å². The minimum Gasteiger partial charge on any atom is -0.383 e. The maximum absolute atomic E-state index is 5.25. The molecule has 0 saturated heterocycles. The van der Waals surface area contributed by atoms with Crippen LogP contribution in [0, 0.1) is 0 Å². The van der Waals surface area contributed by atoms with Gasteiger partial charge in [0.2, 0.25) is 0 Å². The SMILES string of the molecule is CCC(COC)NC1CCc2c(Br)cccc21. The first-order chi connectivity index (χ1) is 8.26. The van der Waals surface area contributed by atoms with Gasteiger partial charge in [0, 0.05) is 23.7 Å².